The predicted octanol–water partition coefficient (Wildman–Crippen LogP) is 2.55. The molecule has 0 saturated carbocycles. The average Bonchev–Trinajstić information content (AvgIpc) is 2.90. The first-order valence-corrected chi connectivity index (χ1v) is 6.98. The first kappa shape index (κ1) is 13.1. The summed E-state index contributed by atoms with van der Waals surface area (Å²) in [6.45, 7) is 2.10. The van der Waals surface area contributed by atoms with Crippen LogP contribution in [0.15, 0.2) is 22.7 Å². The van der Waals surface area contributed by atoms with Crippen LogP contribution in [-0.4, -0.2) is 17.2 Å². The van der Waals surface area contributed by atoms with Crippen LogP contribution in [0.2, 0.25) is 0 Å². The minimum atomic E-state index is 0.334. The normalized spacial score (nSPS) is 17.8. The average molecular weight is 273 g/mol. The molecule has 0 amide bonds. The van der Waals surface area contributed by atoms with Crippen LogP contribution in [0, 0.1) is 6.92 Å². The molecule has 20 heavy (non-hydrogen) atoms. The molecule has 5 heteroatoms. The summed E-state index contributed by atoms with van der Waals surface area (Å²) in [7, 11) is 2.01. The molecule has 1 aliphatic carbocycles. The molecule has 106 valence electrons. The molecule has 1 atom stereocenters. The molecule has 0 spiro atoms. The lowest BCUT2D eigenvalue weighted by Gasteiger charge is -2.25. The van der Waals surface area contributed by atoms with Crippen molar-refractivity contribution in [3.63, 3.8) is 0 Å². The van der Waals surface area contributed by atoms with Gasteiger partial charge in [-0.2, -0.15) is 4.98 Å². The van der Waals surface area contributed by atoms with Crippen molar-refractivity contribution >= 4 is 0 Å². The van der Waals surface area contributed by atoms with E-state index < -0.39 is 0 Å². The lowest BCUT2D eigenvalue weighted by molar-refractivity contribution is 0.285. The van der Waals surface area contributed by atoms with E-state index in [2.05, 4.69) is 27.6 Å². The van der Waals surface area contributed by atoms with Crippen molar-refractivity contribution < 1.29 is 9.26 Å². The highest BCUT2D eigenvalue weighted by Crippen LogP contribution is 2.32. The van der Waals surface area contributed by atoms with Gasteiger partial charge in [-0.3, -0.25) is 0 Å². The zero-order chi connectivity index (χ0) is 13.9. The SMILES string of the molecule is CNC1CCCc2ccc(OCc3noc(C)n3)cc21. The summed E-state index contributed by atoms with van der Waals surface area (Å²) in [6.07, 6.45) is 3.57. The van der Waals surface area contributed by atoms with E-state index in [1.165, 1.54) is 24.0 Å². The Hall–Kier alpha value is -1.88. The molecule has 5 nitrogen and oxygen atoms in total. The first-order valence-electron chi connectivity index (χ1n) is 6.98. The highest BCUT2D eigenvalue weighted by molar-refractivity contribution is 5.39. The van der Waals surface area contributed by atoms with Crippen molar-refractivity contribution in [2.45, 2.75) is 38.8 Å². The number of rotatable bonds is 4. The van der Waals surface area contributed by atoms with Crippen molar-refractivity contribution in [1.29, 1.82) is 0 Å². The standard InChI is InChI=1S/C15H19N3O2/c1-10-17-15(18-20-10)9-19-12-7-6-11-4-3-5-14(16-2)13(11)8-12/h6-8,14,16H,3-5,9H2,1-2H3. The fraction of sp³-hybridized carbons (Fsp3) is 0.467. The molecular weight excluding hydrogens is 254 g/mol. The summed E-state index contributed by atoms with van der Waals surface area (Å²) in [5, 5.41) is 7.20. The quantitative estimate of drug-likeness (QED) is 0.927. The molecule has 1 heterocycles. The molecule has 0 bridgehead atoms. The Balaban J connectivity index is 1.74. The second-order valence-corrected chi connectivity index (χ2v) is 5.11. The number of hydrogen-bond acceptors (Lipinski definition) is 5. The fourth-order valence-corrected chi connectivity index (χ4v) is 2.71. The molecule has 0 aliphatic heterocycles. The zero-order valence-electron chi connectivity index (χ0n) is 11.8. The first-order chi connectivity index (χ1) is 9.76. The van der Waals surface area contributed by atoms with Crippen molar-refractivity contribution in [3.8, 4) is 5.75 Å². The Morgan fingerprint density at radius 2 is 2.35 bits per heavy atom. The summed E-state index contributed by atoms with van der Waals surface area (Å²) in [5.74, 6) is 1.99. The van der Waals surface area contributed by atoms with Gasteiger partial charge >= 0.3 is 0 Å². The van der Waals surface area contributed by atoms with Crippen molar-refractivity contribution in [2.75, 3.05) is 7.05 Å². The van der Waals surface area contributed by atoms with Gasteiger partial charge in [0, 0.05) is 13.0 Å². The van der Waals surface area contributed by atoms with Crippen LogP contribution in [0.1, 0.15) is 41.7 Å². The van der Waals surface area contributed by atoms with Gasteiger partial charge in [-0.1, -0.05) is 11.2 Å². The molecule has 1 unspecified atom stereocenters. The van der Waals surface area contributed by atoms with Crippen LogP contribution >= 0.6 is 0 Å². The van der Waals surface area contributed by atoms with E-state index in [0.717, 1.165) is 12.2 Å². The van der Waals surface area contributed by atoms with E-state index in [4.69, 9.17) is 9.26 Å². The number of nitrogens with one attached hydrogen (secondary N) is 1. The number of benzene rings is 1. The van der Waals surface area contributed by atoms with Gasteiger partial charge in [0.2, 0.25) is 11.7 Å². The second-order valence-electron chi connectivity index (χ2n) is 5.11. The number of ether oxygens (including phenoxy) is 1. The molecule has 0 radical (unpaired) electrons. The number of hydrogen-bond donors (Lipinski definition) is 1. The maximum absolute atomic E-state index is 5.75. The molecule has 1 aromatic carbocycles. The number of aryl methyl sites for hydroxylation is 2. The number of aromatic nitrogens is 2. The van der Waals surface area contributed by atoms with Crippen molar-refractivity contribution in [2.24, 2.45) is 0 Å². The van der Waals surface area contributed by atoms with Crippen LogP contribution in [-0.2, 0) is 13.0 Å². The molecule has 2 aromatic rings. The summed E-state index contributed by atoms with van der Waals surface area (Å²) >= 11 is 0. The van der Waals surface area contributed by atoms with Gasteiger partial charge in [-0.05, 0) is 49.6 Å². The highest BCUT2D eigenvalue weighted by Gasteiger charge is 2.19. The fourth-order valence-electron chi connectivity index (χ4n) is 2.71. The van der Waals surface area contributed by atoms with Crippen LogP contribution in [0.3, 0.4) is 0 Å². The van der Waals surface area contributed by atoms with E-state index in [1.54, 1.807) is 6.92 Å². The number of nitrogens with zero attached hydrogens (tertiary/aromatic N) is 2. The van der Waals surface area contributed by atoms with E-state index in [-0.39, 0.29) is 0 Å². The second kappa shape index (κ2) is 5.63. The third-order valence-corrected chi connectivity index (χ3v) is 3.72. The van der Waals surface area contributed by atoms with Crippen LogP contribution in [0.25, 0.3) is 0 Å². The summed E-state index contributed by atoms with van der Waals surface area (Å²) < 4.78 is 10.7. The summed E-state index contributed by atoms with van der Waals surface area (Å²) in [4.78, 5) is 4.13. The zero-order valence-corrected chi connectivity index (χ0v) is 11.8. The monoisotopic (exact) mass is 273 g/mol. The molecule has 3 rings (SSSR count). The van der Waals surface area contributed by atoms with Crippen molar-refractivity contribution in [1.82, 2.24) is 15.5 Å². The lowest BCUT2D eigenvalue weighted by atomic mass is 9.87. The summed E-state index contributed by atoms with van der Waals surface area (Å²) in [5.41, 5.74) is 2.76. The molecule has 1 aromatic heterocycles. The van der Waals surface area contributed by atoms with Gasteiger partial charge in [0.05, 0.1) is 0 Å². The van der Waals surface area contributed by atoms with Gasteiger partial charge < -0.3 is 14.6 Å². The lowest BCUT2D eigenvalue weighted by Crippen LogP contribution is -2.21. The Kier molecular flexibility index (Phi) is 3.69. The third kappa shape index (κ3) is 2.67. The van der Waals surface area contributed by atoms with Gasteiger partial charge in [0.15, 0.2) is 6.61 Å². The van der Waals surface area contributed by atoms with Gasteiger partial charge in [0.1, 0.15) is 5.75 Å². The maximum atomic E-state index is 5.75. The Morgan fingerprint density at radius 1 is 1.45 bits per heavy atom. The topological polar surface area (TPSA) is 60.2 Å². The molecule has 1 aliphatic rings. The molecular formula is C15H19N3O2. The van der Waals surface area contributed by atoms with Gasteiger partial charge in [0.25, 0.3) is 0 Å². The van der Waals surface area contributed by atoms with Crippen LogP contribution in [0.4, 0.5) is 0 Å². The minimum absolute atomic E-state index is 0.334. The Morgan fingerprint density at radius 3 is 3.10 bits per heavy atom. The van der Waals surface area contributed by atoms with Crippen molar-refractivity contribution in [3.05, 3.63) is 41.0 Å². The maximum Gasteiger partial charge on any atom is 0.223 e. The van der Waals surface area contributed by atoms with Gasteiger partial charge in [-0.15, -0.1) is 0 Å². The van der Waals surface area contributed by atoms with Crippen LogP contribution in [0.5, 0.6) is 5.75 Å². The summed E-state index contributed by atoms with van der Waals surface area (Å²) in [6, 6.07) is 6.73. The largest absolute Gasteiger partial charge is 0.485 e. The Labute approximate surface area is 118 Å². The number of fused-ring (bicyclic) bond motifs is 1. The molecule has 0 saturated heterocycles. The van der Waals surface area contributed by atoms with E-state index in [1.807, 2.05) is 13.1 Å². The smallest absolute Gasteiger partial charge is 0.223 e. The van der Waals surface area contributed by atoms with E-state index in [9.17, 15) is 0 Å². The highest BCUT2D eigenvalue weighted by atomic mass is 16.5. The predicted molar refractivity (Wildman–Crippen MR) is 74.5 cm³/mol. The van der Waals surface area contributed by atoms with E-state index >= 15 is 0 Å². The van der Waals surface area contributed by atoms with Gasteiger partial charge in [-0.25, -0.2) is 0 Å². The van der Waals surface area contributed by atoms with E-state index in [0.29, 0.717) is 24.4 Å². The minimum Gasteiger partial charge on any atom is -0.485 e. The molecule has 1 N–H and O–H groups in total. The van der Waals surface area contributed by atoms with Crippen LogP contribution < -0.4 is 10.1 Å². The Bertz CT molecular complexity index is 595. The third-order valence-electron chi connectivity index (χ3n) is 3.72. The molecule has 0 fully saturated rings.